The summed E-state index contributed by atoms with van der Waals surface area (Å²) in [4.78, 5) is 1.09. The molecule has 0 aromatic heterocycles. The minimum absolute atomic E-state index is 0.116. The first-order chi connectivity index (χ1) is 7.39. The van der Waals surface area contributed by atoms with Crippen LogP contribution >= 0.6 is 12.0 Å². The second-order valence-electron chi connectivity index (χ2n) is 4.74. The summed E-state index contributed by atoms with van der Waals surface area (Å²) in [5, 5.41) is 9.73. The monoisotopic (exact) mass is 240 g/mol. The topological polar surface area (TPSA) is 29.5 Å². The van der Waals surface area contributed by atoms with Crippen LogP contribution in [0.5, 0.6) is 0 Å². The van der Waals surface area contributed by atoms with Gasteiger partial charge in [-0.25, -0.2) is 0 Å². The summed E-state index contributed by atoms with van der Waals surface area (Å²) in [5.74, 6) is 0.116. The normalized spacial score (nSPS) is 13.8. The van der Waals surface area contributed by atoms with E-state index in [1.807, 2.05) is 19.1 Å². The molecule has 0 aliphatic heterocycles. The third kappa shape index (κ3) is 4.56. The smallest absolute Gasteiger partial charge is 0.0671 e. The first-order valence-corrected chi connectivity index (χ1v) is 6.22. The molecule has 90 valence electrons. The molecule has 0 fully saturated rings. The van der Waals surface area contributed by atoms with Crippen molar-refractivity contribution in [3.63, 3.8) is 0 Å². The summed E-state index contributed by atoms with van der Waals surface area (Å²) >= 11 is 1.36. The molecule has 1 unspecified atom stereocenters. The van der Waals surface area contributed by atoms with Crippen molar-refractivity contribution >= 4 is 12.0 Å². The van der Waals surface area contributed by atoms with Crippen LogP contribution in [0.1, 0.15) is 26.3 Å². The molecule has 2 nitrogen and oxygen atoms in total. The molecule has 0 amide bonds. The van der Waals surface area contributed by atoms with Crippen molar-refractivity contribution in [3.8, 4) is 0 Å². The van der Waals surface area contributed by atoms with Gasteiger partial charge in [-0.3, -0.25) is 0 Å². The van der Waals surface area contributed by atoms with Gasteiger partial charge in [-0.15, -0.1) is 0 Å². The van der Waals surface area contributed by atoms with E-state index in [0.717, 1.165) is 4.90 Å². The largest absolute Gasteiger partial charge is 0.390 e. The van der Waals surface area contributed by atoms with E-state index in [2.05, 4.69) is 19.1 Å². The second kappa shape index (κ2) is 5.71. The maximum Gasteiger partial charge on any atom is 0.0671 e. The number of rotatable bonds is 5. The SMILES string of the molecule is Cc1ccc(SOCC(C)C(C)(C)O)cc1. The summed E-state index contributed by atoms with van der Waals surface area (Å²) in [6, 6.07) is 8.19. The average Bonchev–Trinajstić information content (AvgIpc) is 2.19. The van der Waals surface area contributed by atoms with Gasteiger partial charge in [0.05, 0.1) is 12.2 Å². The quantitative estimate of drug-likeness (QED) is 0.800. The summed E-state index contributed by atoms with van der Waals surface area (Å²) in [5.41, 5.74) is 0.558. The van der Waals surface area contributed by atoms with Crippen molar-refractivity contribution in [2.75, 3.05) is 6.61 Å². The maximum atomic E-state index is 9.73. The first kappa shape index (κ1) is 13.6. The Balaban J connectivity index is 2.33. The zero-order valence-electron chi connectivity index (χ0n) is 10.4. The van der Waals surface area contributed by atoms with Gasteiger partial charge in [0.15, 0.2) is 0 Å². The van der Waals surface area contributed by atoms with Crippen LogP contribution in [0.25, 0.3) is 0 Å². The standard InChI is InChI=1S/C13H20O2S/c1-10-5-7-12(8-6-10)16-15-9-11(2)13(3,4)14/h5-8,11,14H,9H2,1-4H3. The minimum Gasteiger partial charge on any atom is -0.390 e. The Hall–Kier alpha value is -0.510. The fourth-order valence-corrected chi connectivity index (χ4v) is 1.66. The average molecular weight is 240 g/mol. The highest BCUT2D eigenvalue weighted by Gasteiger charge is 2.22. The molecule has 0 aliphatic rings. The van der Waals surface area contributed by atoms with E-state index in [0.29, 0.717) is 6.61 Å². The lowest BCUT2D eigenvalue weighted by molar-refractivity contribution is 0.00813. The van der Waals surface area contributed by atoms with Crippen molar-refractivity contribution in [3.05, 3.63) is 29.8 Å². The summed E-state index contributed by atoms with van der Waals surface area (Å²) in [6.45, 7) is 8.19. The molecule has 1 atom stereocenters. The van der Waals surface area contributed by atoms with Gasteiger partial charge in [0.1, 0.15) is 0 Å². The Kier molecular flexibility index (Phi) is 4.84. The lowest BCUT2D eigenvalue weighted by Crippen LogP contribution is -2.31. The number of hydrogen-bond donors (Lipinski definition) is 1. The number of benzene rings is 1. The molecule has 3 heteroatoms. The van der Waals surface area contributed by atoms with Gasteiger partial charge >= 0.3 is 0 Å². The zero-order valence-corrected chi connectivity index (χ0v) is 11.2. The second-order valence-corrected chi connectivity index (χ2v) is 5.61. The Bertz CT molecular complexity index is 314. The maximum absolute atomic E-state index is 9.73. The Morgan fingerprint density at radius 3 is 2.38 bits per heavy atom. The van der Waals surface area contributed by atoms with Crippen LogP contribution < -0.4 is 0 Å². The van der Waals surface area contributed by atoms with Gasteiger partial charge in [-0.1, -0.05) is 24.6 Å². The predicted molar refractivity (Wildman–Crippen MR) is 68.4 cm³/mol. The molecular formula is C13H20O2S. The van der Waals surface area contributed by atoms with Crippen molar-refractivity contribution < 1.29 is 9.29 Å². The van der Waals surface area contributed by atoms with Crippen LogP contribution in [0, 0.1) is 12.8 Å². The lowest BCUT2D eigenvalue weighted by Gasteiger charge is -2.24. The molecule has 0 saturated heterocycles. The molecule has 1 rings (SSSR count). The highest BCUT2D eigenvalue weighted by Crippen LogP contribution is 2.23. The van der Waals surface area contributed by atoms with Crippen molar-refractivity contribution in [1.29, 1.82) is 0 Å². The molecule has 1 aromatic rings. The Labute approximate surface area is 102 Å². The Morgan fingerprint density at radius 2 is 1.88 bits per heavy atom. The van der Waals surface area contributed by atoms with E-state index in [9.17, 15) is 5.11 Å². The molecule has 0 bridgehead atoms. The van der Waals surface area contributed by atoms with Crippen LogP contribution in [-0.2, 0) is 4.18 Å². The fourth-order valence-electron chi connectivity index (χ4n) is 1.00. The third-order valence-corrected chi connectivity index (χ3v) is 3.42. The highest BCUT2D eigenvalue weighted by atomic mass is 32.2. The van der Waals surface area contributed by atoms with E-state index < -0.39 is 5.60 Å². The lowest BCUT2D eigenvalue weighted by atomic mass is 9.94. The van der Waals surface area contributed by atoms with E-state index in [-0.39, 0.29) is 5.92 Å². The molecule has 0 spiro atoms. The van der Waals surface area contributed by atoms with Crippen LogP contribution in [0.3, 0.4) is 0 Å². The molecule has 0 radical (unpaired) electrons. The van der Waals surface area contributed by atoms with E-state index >= 15 is 0 Å². The van der Waals surface area contributed by atoms with E-state index in [1.54, 1.807) is 13.8 Å². The summed E-state index contributed by atoms with van der Waals surface area (Å²) in [7, 11) is 0. The van der Waals surface area contributed by atoms with Crippen molar-refractivity contribution in [2.45, 2.75) is 38.2 Å². The number of aliphatic hydroxyl groups is 1. The minimum atomic E-state index is -0.687. The molecule has 0 saturated carbocycles. The molecule has 1 N–H and O–H groups in total. The Morgan fingerprint density at radius 1 is 1.31 bits per heavy atom. The number of hydrogen-bond acceptors (Lipinski definition) is 3. The first-order valence-electron chi connectivity index (χ1n) is 5.48. The van der Waals surface area contributed by atoms with Crippen molar-refractivity contribution in [1.82, 2.24) is 0 Å². The fraction of sp³-hybridized carbons (Fsp3) is 0.538. The highest BCUT2D eigenvalue weighted by molar-refractivity contribution is 7.94. The molecule has 16 heavy (non-hydrogen) atoms. The van der Waals surface area contributed by atoms with Gasteiger partial charge in [0.2, 0.25) is 0 Å². The zero-order chi connectivity index (χ0) is 12.2. The van der Waals surface area contributed by atoms with Crippen molar-refractivity contribution in [2.24, 2.45) is 5.92 Å². The van der Waals surface area contributed by atoms with E-state index in [1.165, 1.54) is 17.6 Å². The summed E-state index contributed by atoms with van der Waals surface area (Å²) < 4.78 is 5.50. The van der Waals surface area contributed by atoms with Gasteiger partial charge in [-0.2, -0.15) is 0 Å². The molecular weight excluding hydrogens is 220 g/mol. The molecule has 0 aliphatic carbocycles. The van der Waals surface area contributed by atoms with E-state index in [4.69, 9.17) is 4.18 Å². The molecule has 1 aromatic carbocycles. The van der Waals surface area contributed by atoms with Gasteiger partial charge in [-0.05, 0) is 32.9 Å². The molecule has 0 heterocycles. The predicted octanol–water partition coefficient (Wildman–Crippen LogP) is 3.43. The van der Waals surface area contributed by atoms with Crippen LogP contribution in [0.4, 0.5) is 0 Å². The number of aryl methyl sites for hydroxylation is 1. The van der Waals surface area contributed by atoms with Crippen LogP contribution in [-0.4, -0.2) is 17.3 Å². The van der Waals surface area contributed by atoms with Gasteiger partial charge < -0.3 is 9.29 Å². The van der Waals surface area contributed by atoms with Crippen LogP contribution in [0.15, 0.2) is 29.2 Å². The van der Waals surface area contributed by atoms with Crippen LogP contribution in [0.2, 0.25) is 0 Å². The summed E-state index contributed by atoms with van der Waals surface area (Å²) in [6.07, 6.45) is 0. The van der Waals surface area contributed by atoms with Gasteiger partial charge in [0.25, 0.3) is 0 Å². The third-order valence-electron chi connectivity index (χ3n) is 2.70. The van der Waals surface area contributed by atoms with Gasteiger partial charge in [0, 0.05) is 22.9 Å².